The summed E-state index contributed by atoms with van der Waals surface area (Å²) in [5.74, 6) is 1.35. The highest BCUT2D eigenvalue weighted by atomic mass is 16.5. The van der Waals surface area contributed by atoms with E-state index in [1.165, 1.54) is 0 Å². The zero-order valence-electron chi connectivity index (χ0n) is 13.5. The second-order valence-corrected chi connectivity index (χ2v) is 6.24. The third kappa shape index (κ3) is 3.28. The van der Waals surface area contributed by atoms with E-state index in [1.54, 1.807) is 31.6 Å². The number of hydrogen-bond donors (Lipinski definition) is 1. The predicted molar refractivity (Wildman–Crippen MR) is 86.8 cm³/mol. The van der Waals surface area contributed by atoms with Crippen LogP contribution >= 0.6 is 0 Å². The van der Waals surface area contributed by atoms with Gasteiger partial charge < -0.3 is 14.8 Å². The summed E-state index contributed by atoms with van der Waals surface area (Å²) in [6.45, 7) is 4.03. The molecule has 1 atom stereocenters. The van der Waals surface area contributed by atoms with Crippen LogP contribution in [0, 0.1) is 0 Å². The van der Waals surface area contributed by atoms with Crippen LogP contribution in [0.2, 0.25) is 0 Å². The number of rotatable bonds is 3. The Balaban J connectivity index is 1.89. The Kier molecular flexibility index (Phi) is 3.94. The monoisotopic (exact) mass is 312 g/mol. The lowest BCUT2D eigenvalue weighted by molar-refractivity contribution is 0.0617. The number of methoxy groups -OCH3 is 1. The molecule has 0 spiro atoms. The van der Waals surface area contributed by atoms with Crippen molar-refractivity contribution < 1.29 is 14.3 Å². The number of aromatic nitrogens is 1. The van der Waals surface area contributed by atoms with Crippen molar-refractivity contribution >= 4 is 5.91 Å². The molecule has 1 aromatic heterocycles. The second-order valence-electron chi connectivity index (χ2n) is 6.24. The summed E-state index contributed by atoms with van der Waals surface area (Å²) in [7, 11) is 1.62. The summed E-state index contributed by atoms with van der Waals surface area (Å²) in [5.41, 5.74) is 1.14. The lowest BCUT2D eigenvalue weighted by atomic mass is 9.89. The zero-order chi connectivity index (χ0) is 16.4. The SMILES string of the molecule is COc1ccc2c(c1)OC(C)(C)C[C@@H]2NC(=O)c1cccnc1. The fourth-order valence-corrected chi connectivity index (χ4v) is 2.83. The summed E-state index contributed by atoms with van der Waals surface area (Å²) in [6.07, 6.45) is 3.91. The second kappa shape index (κ2) is 5.91. The van der Waals surface area contributed by atoms with Crippen molar-refractivity contribution in [1.82, 2.24) is 10.3 Å². The normalized spacial score (nSPS) is 18.5. The minimum atomic E-state index is -0.369. The van der Waals surface area contributed by atoms with Crippen LogP contribution in [0.5, 0.6) is 11.5 Å². The molecule has 0 bridgehead atoms. The lowest BCUT2D eigenvalue weighted by Gasteiger charge is -2.38. The van der Waals surface area contributed by atoms with Gasteiger partial charge in [0.15, 0.2) is 0 Å². The van der Waals surface area contributed by atoms with Crippen LogP contribution in [-0.4, -0.2) is 23.6 Å². The standard InChI is InChI=1S/C18H20N2O3/c1-18(2)10-15(20-17(21)12-5-4-8-19-11-12)14-7-6-13(22-3)9-16(14)23-18/h4-9,11,15H,10H2,1-3H3,(H,20,21)/t15-/m0/s1. The highest BCUT2D eigenvalue weighted by molar-refractivity contribution is 5.94. The number of hydrogen-bond acceptors (Lipinski definition) is 4. The van der Waals surface area contributed by atoms with Gasteiger partial charge in [0.1, 0.15) is 17.1 Å². The molecule has 2 heterocycles. The van der Waals surface area contributed by atoms with E-state index in [0.29, 0.717) is 12.0 Å². The van der Waals surface area contributed by atoms with Crippen LogP contribution in [0.15, 0.2) is 42.7 Å². The van der Waals surface area contributed by atoms with Gasteiger partial charge in [0.2, 0.25) is 0 Å². The van der Waals surface area contributed by atoms with E-state index in [9.17, 15) is 4.79 Å². The van der Waals surface area contributed by atoms with Gasteiger partial charge in [0.05, 0.1) is 18.7 Å². The number of benzene rings is 1. The van der Waals surface area contributed by atoms with E-state index in [0.717, 1.165) is 17.1 Å². The zero-order valence-corrected chi connectivity index (χ0v) is 13.5. The molecular formula is C18H20N2O3. The molecule has 2 aromatic rings. The smallest absolute Gasteiger partial charge is 0.253 e. The van der Waals surface area contributed by atoms with Crippen molar-refractivity contribution in [1.29, 1.82) is 0 Å². The first-order chi connectivity index (χ1) is 11.0. The van der Waals surface area contributed by atoms with Crippen LogP contribution < -0.4 is 14.8 Å². The number of fused-ring (bicyclic) bond motifs is 1. The topological polar surface area (TPSA) is 60.5 Å². The van der Waals surface area contributed by atoms with Crippen LogP contribution in [-0.2, 0) is 0 Å². The van der Waals surface area contributed by atoms with Crippen LogP contribution in [0.25, 0.3) is 0 Å². The Morgan fingerprint density at radius 2 is 2.22 bits per heavy atom. The summed E-state index contributed by atoms with van der Waals surface area (Å²) in [4.78, 5) is 16.4. The van der Waals surface area contributed by atoms with Crippen molar-refractivity contribution in [2.24, 2.45) is 0 Å². The van der Waals surface area contributed by atoms with Crippen molar-refractivity contribution in [3.05, 3.63) is 53.9 Å². The Morgan fingerprint density at radius 1 is 1.39 bits per heavy atom. The molecule has 0 fully saturated rings. The van der Waals surface area contributed by atoms with Gasteiger partial charge in [0.25, 0.3) is 5.91 Å². The fourth-order valence-electron chi connectivity index (χ4n) is 2.83. The lowest BCUT2D eigenvalue weighted by Crippen LogP contribution is -2.41. The average molecular weight is 312 g/mol. The molecule has 5 heteroatoms. The van der Waals surface area contributed by atoms with Gasteiger partial charge in [-0.2, -0.15) is 0 Å². The largest absolute Gasteiger partial charge is 0.497 e. The maximum absolute atomic E-state index is 12.4. The summed E-state index contributed by atoms with van der Waals surface area (Å²) in [6, 6.07) is 9.07. The minimum absolute atomic E-state index is 0.118. The first kappa shape index (κ1) is 15.3. The molecule has 0 aliphatic carbocycles. The Bertz CT molecular complexity index is 713. The van der Waals surface area contributed by atoms with Gasteiger partial charge in [-0.15, -0.1) is 0 Å². The van der Waals surface area contributed by atoms with E-state index in [1.807, 2.05) is 32.0 Å². The first-order valence-corrected chi connectivity index (χ1v) is 7.56. The minimum Gasteiger partial charge on any atom is -0.497 e. The molecule has 0 radical (unpaired) electrons. The molecule has 0 saturated heterocycles. The van der Waals surface area contributed by atoms with Gasteiger partial charge in [-0.25, -0.2) is 0 Å². The van der Waals surface area contributed by atoms with Gasteiger partial charge in [0, 0.05) is 30.4 Å². The van der Waals surface area contributed by atoms with Crippen LogP contribution in [0.3, 0.4) is 0 Å². The molecule has 1 aliphatic rings. The number of pyridine rings is 1. The van der Waals surface area contributed by atoms with E-state index < -0.39 is 0 Å². The highest BCUT2D eigenvalue weighted by Crippen LogP contribution is 2.41. The van der Waals surface area contributed by atoms with Crippen molar-refractivity contribution in [3.63, 3.8) is 0 Å². The van der Waals surface area contributed by atoms with Crippen molar-refractivity contribution in [3.8, 4) is 11.5 Å². The molecule has 1 aromatic carbocycles. The highest BCUT2D eigenvalue weighted by Gasteiger charge is 2.34. The van der Waals surface area contributed by atoms with E-state index >= 15 is 0 Å². The maximum Gasteiger partial charge on any atom is 0.253 e. The third-order valence-corrected chi connectivity index (χ3v) is 3.91. The molecule has 0 unspecified atom stereocenters. The Morgan fingerprint density at radius 3 is 2.91 bits per heavy atom. The Labute approximate surface area is 135 Å². The molecule has 1 N–H and O–H groups in total. The number of carbonyl (C=O) groups excluding carboxylic acids is 1. The molecule has 1 aliphatic heterocycles. The molecule has 120 valence electrons. The Hall–Kier alpha value is -2.56. The fraction of sp³-hybridized carbons (Fsp3) is 0.333. The van der Waals surface area contributed by atoms with Crippen LogP contribution in [0.4, 0.5) is 0 Å². The van der Waals surface area contributed by atoms with Crippen molar-refractivity contribution in [2.75, 3.05) is 7.11 Å². The predicted octanol–water partition coefficient (Wildman–Crippen LogP) is 3.12. The maximum atomic E-state index is 12.4. The molecular weight excluding hydrogens is 292 g/mol. The third-order valence-electron chi connectivity index (χ3n) is 3.91. The van der Waals surface area contributed by atoms with Crippen molar-refractivity contribution in [2.45, 2.75) is 31.9 Å². The number of amides is 1. The molecule has 3 rings (SSSR count). The summed E-state index contributed by atoms with van der Waals surface area (Å²) < 4.78 is 11.3. The average Bonchev–Trinajstić information content (AvgIpc) is 2.54. The quantitative estimate of drug-likeness (QED) is 0.946. The van der Waals surface area contributed by atoms with Gasteiger partial charge >= 0.3 is 0 Å². The number of nitrogens with one attached hydrogen (secondary N) is 1. The van der Waals surface area contributed by atoms with Gasteiger partial charge in [-0.3, -0.25) is 9.78 Å². The molecule has 23 heavy (non-hydrogen) atoms. The van der Waals surface area contributed by atoms with Crippen LogP contribution in [0.1, 0.15) is 42.2 Å². The van der Waals surface area contributed by atoms with E-state index in [-0.39, 0.29) is 17.6 Å². The number of carbonyl (C=O) groups is 1. The van der Waals surface area contributed by atoms with E-state index in [4.69, 9.17) is 9.47 Å². The van der Waals surface area contributed by atoms with Gasteiger partial charge in [-0.05, 0) is 38.1 Å². The summed E-state index contributed by atoms with van der Waals surface area (Å²) in [5, 5.41) is 3.08. The first-order valence-electron chi connectivity index (χ1n) is 7.56. The van der Waals surface area contributed by atoms with Gasteiger partial charge in [-0.1, -0.05) is 0 Å². The number of nitrogens with zero attached hydrogens (tertiary/aromatic N) is 1. The molecule has 5 nitrogen and oxygen atoms in total. The molecule has 1 amide bonds. The van der Waals surface area contributed by atoms with E-state index in [2.05, 4.69) is 10.3 Å². The molecule has 0 saturated carbocycles. The number of ether oxygens (including phenoxy) is 2. The summed E-state index contributed by atoms with van der Waals surface area (Å²) >= 11 is 0.